The van der Waals surface area contributed by atoms with Crippen LogP contribution in [-0.4, -0.2) is 43.2 Å². The molecule has 0 spiro atoms. The number of piperazine rings is 1. The predicted molar refractivity (Wildman–Crippen MR) is 85.2 cm³/mol. The minimum Gasteiger partial charge on any atom is -0.368 e. The van der Waals surface area contributed by atoms with Gasteiger partial charge in [-0.05, 0) is 51.4 Å². The smallest absolute Gasteiger partial charge is 0.0367 e. The van der Waals surface area contributed by atoms with Crippen LogP contribution in [-0.2, 0) is 6.54 Å². The molecule has 1 aromatic carbocycles. The lowest BCUT2D eigenvalue weighted by atomic mass is 9.99. The lowest BCUT2D eigenvalue weighted by molar-refractivity contribution is 0.139. The van der Waals surface area contributed by atoms with Gasteiger partial charge in [0.05, 0.1) is 0 Å². The van der Waals surface area contributed by atoms with Gasteiger partial charge in [-0.2, -0.15) is 0 Å². The van der Waals surface area contributed by atoms with Gasteiger partial charge in [0.15, 0.2) is 0 Å². The van der Waals surface area contributed by atoms with E-state index in [0.717, 1.165) is 32.2 Å². The topological polar surface area (TPSA) is 18.5 Å². The number of nitrogens with one attached hydrogen (secondary N) is 1. The molecular weight excluding hydrogens is 246 g/mol. The van der Waals surface area contributed by atoms with Crippen molar-refractivity contribution >= 4 is 5.69 Å². The molecule has 2 aliphatic rings. The molecular formula is C17H27N3. The molecule has 0 unspecified atom stereocenters. The van der Waals surface area contributed by atoms with E-state index in [1.54, 1.807) is 0 Å². The molecule has 0 bridgehead atoms. The highest BCUT2D eigenvalue weighted by molar-refractivity contribution is 5.48. The Hall–Kier alpha value is -1.06. The van der Waals surface area contributed by atoms with Gasteiger partial charge >= 0.3 is 0 Å². The van der Waals surface area contributed by atoms with Gasteiger partial charge in [-0.25, -0.2) is 0 Å². The van der Waals surface area contributed by atoms with Crippen LogP contribution in [0.5, 0.6) is 0 Å². The number of hydrogen-bond acceptors (Lipinski definition) is 3. The van der Waals surface area contributed by atoms with Crippen LogP contribution in [0.25, 0.3) is 0 Å². The van der Waals surface area contributed by atoms with Crippen LogP contribution in [0.15, 0.2) is 24.3 Å². The number of likely N-dealkylation sites (N-methyl/N-ethyl adjacent to an activating group) is 1. The molecule has 3 rings (SSSR count). The zero-order chi connectivity index (χ0) is 14.2. The van der Waals surface area contributed by atoms with E-state index in [4.69, 9.17) is 0 Å². The fraction of sp³-hybridized carbons (Fsp3) is 0.647. The molecule has 20 heavy (non-hydrogen) atoms. The Morgan fingerprint density at radius 2 is 1.85 bits per heavy atom. The average molecular weight is 273 g/mol. The number of nitrogens with zero attached hydrogens (tertiary/aromatic N) is 2. The summed E-state index contributed by atoms with van der Waals surface area (Å²) in [5.74, 6) is 0. The first kappa shape index (κ1) is 13.9. The first-order valence-electron chi connectivity index (χ1n) is 7.83. The molecule has 0 aromatic heterocycles. The molecule has 0 radical (unpaired) electrons. The monoisotopic (exact) mass is 273 g/mol. The van der Waals surface area contributed by atoms with Crippen molar-refractivity contribution in [3.05, 3.63) is 29.8 Å². The Balaban J connectivity index is 1.61. The van der Waals surface area contributed by atoms with E-state index >= 15 is 0 Å². The van der Waals surface area contributed by atoms with Gasteiger partial charge in [0.25, 0.3) is 0 Å². The first-order valence-corrected chi connectivity index (χ1v) is 7.83. The average Bonchev–Trinajstić information content (AvgIpc) is 3.24. The molecule has 1 aliphatic heterocycles. The van der Waals surface area contributed by atoms with E-state index in [9.17, 15) is 0 Å². The van der Waals surface area contributed by atoms with Gasteiger partial charge in [0.2, 0.25) is 0 Å². The molecule has 110 valence electrons. The van der Waals surface area contributed by atoms with Crippen molar-refractivity contribution in [3.63, 3.8) is 0 Å². The molecule has 1 aliphatic carbocycles. The summed E-state index contributed by atoms with van der Waals surface area (Å²) in [7, 11) is 2.23. The van der Waals surface area contributed by atoms with E-state index in [2.05, 4.69) is 60.3 Å². The maximum atomic E-state index is 3.57. The molecule has 3 heteroatoms. The maximum absolute atomic E-state index is 3.57. The molecule has 1 N–H and O–H groups in total. The zero-order valence-electron chi connectivity index (χ0n) is 13.0. The second-order valence-corrected chi connectivity index (χ2v) is 6.98. The summed E-state index contributed by atoms with van der Waals surface area (Å²) in [6.45, 7) is 9.03. The molecule has 1 saturated heterocycles. The van der Waals surface area contributed by atoms with E-state index in [-0.39, 0.29) is 5.54 Å². The van der Waals surface area contributed by atoms with Crippen molar-refractivity contribution in [3.8, 4) is 0 Å². The lowest BCUT2D eigenvalue weighted by Crippen LogP contribution is -2.57. The fourth-order valence-electron chi connectivity index (χ4n) is 2.83. The van der Waals surface area contributed by atoms with Crippen LogP contribution in [0.1, 0.15) is 32.3 Å². The van der Waals surface area contributed by atoms with Crippen molar-refractivity contribution in [2.75, 3.05) is 31.6 Å². The van der Waals surface area contributed by atoms with Crippen molar-refractivity contribution in [1.82, 2.24) is 10.2 Å². The van der Waals surface area contributed by atoms with Crippen molar-refractivity contribution in [1.29, 1.82) is 0 Å². The molecule has 0 atom stereocenters. The van der Waals surface area contributed by atoms with Crippen molar-refractivity contribution < 1.29 is 0 Å². The van der Waals surface area contributed by atoms with Crippen LogP contribution < -0.4 is 10.2 Å². The lowest BCUT2D eigenvalue weighted by Gasteiger charge is -2.46. The highest BCUT2D eigenvalue weighted by atomic mass is 15.3. The zero-order valence-corrected chi connectivity index (χ0v) is 13.0. The number of benzene rings is 1. The number of hydrogen-bond donors (Lipinski definition) is 1. The third-order valence-electron chi connectivity index (χ3n) is 4.79. The van der Waals surface area contributed by atoms with Crippen LogP contribution in [0.4, 0.5) is 5.69 Å². The third-order valence-corrected chi connectivity index (χ3v) is 4.79. The minimum absolute atomic E-state index is 0.254. The summed E-state index contributed by atoms with van der Waals surface area (Å²) in [4.78, 5) is 4.97. The summed E-state index contributed by atoms with van der Waals surface area (Å²) < 4.78 is 0. The summed E-state index contributed by atoms with van der Waals surface area (Å²) in [5, 5.41) is 3.57. The van der Waals surface area contributed by atoms with E-state index in [1.165, 1.54) is 24.1 Å². The second kappa shape index (κ2) is 5.38. The standard InChI is InChI=1S/C17H27N3/c1-17(2)13-20(11-10-19(17)3)16-8-4-14(5-9-16)12-18-15-6-7-15/h4-5,8-9,15,18H,6-7,10-13H2,1-3H3. The Morgan fingerprint density at radius 3 is 2.45 bits per heavy atom. The van der Waals surface area contributed by atoms with Crippen LogP contribution >= 0.6 is 0 Å². The van der Waals surface area contributed by atoms with Gasteiger partial charge in [-0.1, -0.05) is 12.1 Å². The van der Waals surface area contributed by atoms with Crippen molar-refractivity contribution in [2.45, 2.75) is 44.8 Å². The van der Waals surface area contributed by atoms with E-state index in [0.29, 0.717) is 0 Å². The normalized spacial score (nSPS) is 23.1. The highest BCUT2D eigenvalue weighted by Crippen LogP contribution is 2.25. The van der Waals surface area contributed by atoms with Gasteiger partial charge in [0.1, 0.15) is 0 Å². The SMILES string of the molecule is CN1CCN(c2ccc(CNC3CC3)cc2)CC1(C)C. The summed E-state index contributed by atoms with van der Waals surface area (Å²) in [6.07, 6.45) is 2.71. The van der Waals surface area contributed by atoms with E-state index < -0.39 is 0 Å². The Kier molecular flexibility index (Phi) is 3.74. The fourth-order valence-corrected chi connectivity index (χ4v) is 2.83. The molecule has 0 amide bonds. The van der Waals surface area contributed by atoms with Crippen molar-refractivity contribution in [2.24, 2.45) is 0 Å². The molecule has 1 saturated carbocycles. The van der Waals surface area contributed by atoms with Gasteiger partial charge in [0, 0.05) is 43.4 Å². The number of anilines is 1. The van der Waals surface area contributed by atoms with Crippen LogP contribution in [0.2, 0.25) is 0 Å². The van der Waals surface area contributed by atoms with Crippen LogP contribution in [0, 0.1) is 0 Å². The Bertz CT molecular complexity index is 448. The van der Waals surface area contributed by atoms with E-state index in [1.807, 2.05) is 0 Å². The maximum Gasteiger partial charge on any atom is 0.0367 e. The Morgan fingerprint density at radius 1 is 1.15 bits per heavy atom. The largest absolute Gasteiger partial charge is 0.368 e. The Labute approximate surface area is 123 Å². The highest BCUT2D eigenvalue weighted by Gasteiger charge is 2.31. The molecule has 2 fully saturated rings. The minimum atomic E-state index is 0.254. The quantitative estimate of drug-likeness (QED) is 0.909. The van der Waals surface area contributed by atoms with Gasteiger partial charge < -0.3 is 10.2 Å². The predicted octanol–water partition coefficient (Wildman–Crippen LogP) is 2.47. The second-order valence-electron chi connectivity index (χ2n) is 6.98. The number of rotatable bonds is 4. The summed E-state index contributed by atoms with van der Waals surface area (Å²) in [5.41, 5.74) is 3.01. The van der Waals surface area contributed by atoms with Gasteiger partial charge in [-0.3, -0.25) is 4.90 Å². The summed E-state index contributed by atoms with van der Waals surface area (Å²) in [6, 6.07) is 9.90. The molecule has 1 heterocycles. The first-order chi connectivity index (χ1) is 9.54. The third kappa shape index (κ3) is 3.15. The van der Waals surface area contributed by atoms with Crippen LogP contribution in [0.3, 0.4) is 0 Å². The summed E-state index contributed by atoms with van der Waals surface area (Å²) >= 11 is 0. The van der Waals surface area contributed by atoms with Gasteiger partial charge in [-0.15, -0.1) is 0 Å². The molecule has 1 aromatic rings. The molecule has 3 nitrogen and oxygen atoms in total.